The van der Waals surface area contributed by atoms with Crippen LogP contribution in [0.25, 0.3) is 0 Å². The summed E-state index contributed by atoms with van der Waals surface area (Å²) < 4.78 is 4.63. The first-order chi connectivity index (χ1) is 6.19. The van der Waals surface area contributed by atoms with E-state index in [0.717, 1.165) is 11.8 Å². The number of thioether (sulfide) groups is 1. The van der Waals surface area contributed by atoms with Gasteiger partial charge in [-0.2, -0.15) is 0 Å². The normalized spacial score (nSPS) is 24.5. The molecule has 2 N–H and O–H groups in total. The smallest absolute Gasteiger partial charge is 0.329 e. The Morgan fingerprint density at radius 3 is 3.00 bits per heavy atom. The van der Waals surface area contributed by atoms with Crippen molar-refractivity contribution in [2.45, 2.75) is 12.2 Å². The Hall–Kier alpha value is -1.24. The van der Waals surface area contributed by atoms with E-state index in [1.807, 2.05) is 0 Å². The first kappa shape index (κ1) is 9.85. The van der Waals surface area contributed by atoms with Crippen LogP contribution in [0.3, 0.4) is 0 Å². The van der Waals surface area contributed by atoms with Gasteiger partial charge in [0.2, 0.25) is 5.17 Å². The fourth-order valence-corrected chi connectivity index (χ4v) is 1.55. The summed E-state index contributed by atoms with van der Waals surface area (Å²) in [5, 5.41) is 12.4. The Morgan fingerprint density at radius 1 is 1.85 bits per heavy atom. The van der Waals surface area contributed by atoms with Crippen LogP contribution in [0.15, 0.2) is 5.16 Å². The van der Waals surface area contributed by atoms with E-state index in [1.54, 1.807) is 6.92 Å². The predicted molar refractivity (Wildman–Crippen MR) is 45.4 cm³/mol. The topological polar surface area (TPSA) is 88.0 Å². The fourth-order valence-electron chi connectivity index (χ4n) is 0.787. The molecule has 7 heteroatoms. The molecular formula is C6H8N2O4S. The largest absolute Gasteiger partial charge is 0.465 e. The van der Waals surface area contributed by atoms with Crippen LogP contribution in [0.4, 0.5) is 0 Å². The molecule has 1 heterocycles. The molecule has 1 atom stereocenters. The minimum absolute atomic E-state index is 0.0167. The number of amides is 1. The third-order valence-electron chi connectivity index (χ3n) is 1.29. The molecule has 6 nitrogen and oxygen atoms in total. The van der Waals surface area contributed by atoms with Crippen molar-refractivity contribution >= 4 is 28.8 Å². The van der Waals surface area contributed by atoms with Crippen LogP contribution in [0.2, 0.25) is 0 Å². The minimum Gasteiger partial charge on any atom is -0.465 e. The van der Waals surface area contributed by atoms with Crippen molar-refractivity contribution in [3.8, 4) is 0 Å². The number of rotatable bonds is 2. The maximum absolute atomic E-state index is 11.1. The van der Waals surface area contributed by atoms with Crippen LogP contribution >= 0.6 is 11.8 Å². The molecule has 0 aromatic heterocycles. The van der Waals surface area contributed by atoms with Gasteiger partial charge in [0.1, 0.15) is 0 Å². The number of oxime groups is 1. The summed E-state index contributed by atoms with van der Waals surface area (Å²) in [5.41, 5.74) is 0. The summed E-state index contributed by atoms with van der Waals surface area (Å²) in [6.07, 6.45) is 0. The van der Waals surface area contributed by atoms with Gasteiger partial charge in [-0.05, 0) is 6.92 Å². The summed E-state index contributed by atoms with van der Waals surface area (Å²) in [6.45, 7) is 1.87. The predicted octanol–water partition coefficient (Wildman–Crippen LogP) is -0.474. The van der Waals surface area contributed by atoms with Crippen LogP contribution in [-0.4, -0.2) is 34.1 Å². The van der Waals surface area contributed by atoms with Gasteiger partial charge in [0.15, 0.2) is 5.25 Å². The van der Waals surface area contributed by atoms with Crippen LogP contribution in [0, 0.1) is 0 Å². The number of carbonyl (C=O) groups is 2. The van der Waals surface area contributed by atoms with Crippen LogP contribution in [0.1, 0.15) is 6.92 Å². The zero-order valence-electron chi connectivity index (χ0n) is 6.81. The Kier molecular flexibility index (Phi) is 3.13. The second kappa shape index (κ2) is 4.13. The van der Waals surface area contributed by atoms with E-state index in [4.69, 9.17) is 5.21 Å². The van der Waals surface area contributed by atoms with Gasteiger partial charge < -0.3 is 15.3 Å². The first-order valence-electron chi connectivity index (χ1n) is 3.55. The Balaban J connectivity index is 2.62. The van der Waals surface area contributed by atoms with E-state index in [0.29, 0.717) is 0 Å². The van der Waals surface area contributed by atoms with E-state index in [-0.39, 0.29) is 11.8 Å². The molecule has 0 radical (unpaired) electrons. The molecule has 1 aliphatic rings. The number of nitrogens with zero attached hydrogens (tertiary/aromatic N) is 1. The first-order valence-corrected chi connectivity index (χ1v) is 4.43. The van der Waals surface area contributed by atoms with Gasteiger partial charge >= 0.3 is 5.97 Å². The zero-order valence-corrected chi connectivity index (χ0v) is 7.63. The van der Waals surface area contributed by atoms with Gasteiger partial charge in [-0.3, -0.25) is 9.59 Å². The molecule has 1 aliphatic heterocycles. The van der Waals surface area contributed by atoms with E-state index in [9.17, 15) is 9.59 Å². The van der Waals surface area contributed by atoms with Crippen molar-refractivity contribution < 1.29 is 19.5 Å². The van der Waals surface area contributed by atoms with Crippen molar-refractivity contribution in [2.24, 2.45) is 5.16 Å². The molecule has 72 valence electrons. The standard InChI is InChI=1S/C6H8N2O4S/c1-2-12-5(10)3-4(9)7-6(8-11)13-3/h3,11H,2H2,1H3,(H,7,8,9)/t3-/m0/s1. The highest BCUT2D eigenvalue weighted by Crippen LogP contribution is 2.19. The molecular weight excluding hydrogens is 196 g/mol. The lowest BCUT2D eigenvalue weighted by Crippen LogP contribution is -2.31. The van der Waals surface area contributed by atoms with Crippen LogP contribution < -0.4 is 5.32 Å². The third kappa shape index (κ3) is 2.11. The number of nitrogens with one attached hydrogen (secondary N) is 1. The minimum atomic E-state index is -0.953. The van der Waals surface area contributed by atoms with Crippen molar-refractivity contribution in [3.63, 3.8) is 0 Å². The van der Waals surface area contributed by atoms with Crippen LogP contribution in [0.5, 0.6) is 0 Å². The Bertz CT molecular complexity index is 265. The molecule has 1 amide bonds. The molecule has 1 rings (SSSR count). The zero-order chi connectivity index (χ0) is 9.84. The highest BCUT2D eigenvalue weighted by molar-refractivity contribution is 8.16. The van der Waals surface area contributed by atoms with Crippen molar-refractivity contribution in [3.05, 3.63) is 0 Å². The Labute approximate surface area is 78.3 Å². The van der Waals surface area contributed by atoms with Gasteiger partial charge in [-0.15, -0.1) is 0 Å². The second-order valence-corrected chi connectivity index (χ2v) is 3.24. The number of ether oxygens (including phenoxy) is 1. The summed E-state index contributed by atoms with van der Waals surface area (Å²) >= 11 is 0.832. The van der Waals surface area contributed by atoms with Crippen molar-refractivity contribution in [2.75, 3.05) is 6.61 Å². The van der Waals surface area contributed by atoms with Gasteiger partial charge in [0.05, 0.1) is 6.61 Å². The van der Waals surface area contributed by atoms with Gasteiger partial charge in [-0.25, -0.2) is 0 Å². The second-order valence-electron chi connectivity index (χ2n) is 2.14. The highest BCUT2D eigenvalue weighted by Gasteiger charge is 2.37. The number of hydrogen-bond donors (Lipinski definition) is 2. The maximum Gasteiger partial charge on any atom is 0.329 e. The van der Waals surface area contributed by atoms with Crippen LogP contribution in [-0.2, 0) is 14.3 Å². The average molecular weight is 204 g/mol. The Morgan fingerprint density at radius 2 is 2.54 bits per heavy atom. The summed E-state index contributed by atoms with van der Waals surface area (Å²) in [6, 6.07) is 0. The third-order valence-corrected chi connectivity index (χ3v) is 2.34. The van der Waals surface area contributed by atoms with Crippen molar-refractivity contribution in [1.29, 1.82) is 0 Å². The molecule has 0 aromatic rings. The molecule has 0 bridgehead atoms. The van der Waals surface area contributed by atoms with Gasteiger partial charge in [-0.1, -0.05) is 16.9 Å². The lowest BCUT2D eigenvalue weighted by molar-refractivity contribution is -0.144. The summed E-state index contributed by atoms with van der Waals surface area (Å²) in [7, 11) is 0. The molecule has 0 aromatic carbocycles. The number of amidine groups is 1. The average Bonchev–Trinajstić information content (AvgIpc) is 2.47. The molecule has 0 saturated carbocycles. The van der Waals surface area contributed by atoms with Gasteiger partial charge in [0, 0.05) is 0 Å². The number of esters is 1. The number of hydrogen-bond acceptors (Lipinski definition) is 6. The number of carbonyl (C=O) groups excluding carboxylic acids is 2. The quantitative estimate of drug-likeness (QED) is 0.275. The van der Waals surface area contributed by atoms with E-state index < -0.39 is 17.1 Å². The van der Waals surface area contributed by atoms with E-state index in [2.05, 4.69) is 15.2 Å². The molecule has 1 fully saturated rings. The molecule has 0 aliphatic carbocycles. The monoisotopic (exact) mass is 204 g/mol. The van der Waals surface area contributed by atoms with E-state index >= 15 is 0 Å². The molecule has 1 saturated heterocycles. The SMILES string of the molecule is CCOC(=O)[C@H]1SC(=NO)NC1=O. The maximum atomic E-state index is 11.1. The van der Waals surface area contributed by atoms with Gasteiger partial charge in [0.25, 0.3) is 5.91 Å². The lowest BCUT2D eigenvalue weighted by Gasteiger charge is -2.03. The molecule has 13 heavy (non-hydrogen) atoms. The highest BCUT2D eigenvalue weighted by atomic mass is 32.2. The molecule has 0 unspecified atom stereocenters. The fraction of sp³-hybridized carbons (Fsp3) is 0.500. The van der Waals surface area contributed by atoms with E-state index in [1.165, 1.54) is 0 Å². The lowest BCUT2D eigenvalue weighted by atomic mass is 10.4. The summed E-state index contributed by atoms with van der Waals surface area (Å²) in [5.74, 6) is -1.14. The molecule has 0 spiro atoms. The van der Waals surface area contributed by atoms with Crippen molar-refractivity contribution in [1.82, 2.24) is 5.32 Å². The summed E-state index contributed by atoms with van der Waals surface area (Å²) in [4.78, 5) is 22.1.